The van der Waals surface area contributed by atoms with E-state index in [0.717, 1.165) is 5.56 Å². The van der Waals surface area contributed by atoms with Crippen molar-refractivity contribution in [3.63, 3.8) is 0 Å². The number of ether oxygens (including phenoxy) is 1. The fraction of sp³-hybridized carbons (Fsp3) is 0.167. The second kappa shape index (κ2) is 8.47. The highest BCUT2D eigenvalue weighted by Crippen LogP contribution is 2.34. The van der Waals surface area contributed by atoms with Gasteiger partial charge in [-0.05, 0) is 55.3 Å². The quantitative estimate of drug-likeness (QED) is 0.575. The smallest absolute Gasteiger partial charge is 0.264 e. The van der Waals surface area contributed by atoms with Crippen LogP contribution in [0, 0.1) is 0 Å². The molecule has 0 unspecified atom stereocenters. The normalized spacial score (nSPS) is 12.9. The number of hydrogen-bond acceptors (Lipinski definition) is 5. The lowest BCUT2D eigenvalue weighted by Crippen LogP contribution is -2.29. The van der Waals surface area contributed by atoms with Gasteiger partial charge in [-0.25, -0.2) is 8.42 Å². The second-order valence-electron chi connectivity index (χ2n) is 7.37. The van der Waals surface area contributed by atoms with E-state index in [-0.39, 0.29) is 22.0 Å². The van der Waals surface area contributed by atoms with Gasteiger partial charge in [-0.1, -0.05) is 30.3 Å². The van der Waals surface area contributed by atoms with Crippen molar-refractivity contribution in [1.29, 1.82) is 0 Å². The Kier molecular flexibility index (Phi) is 5.71. The first-order chi connectivity index (χ1) is 15.3. The van der Waals surface area contributed by atoms with Crippen LogP contribution in [-0.2, 0) is 16.4 Å². The van der Waals surface area contributed by atoms with Crippen LogP contribution >= 0.6 is 0 Å². The van der Waals surface area contributed by atoms with Crippen LogP contribution in [0.5, 0.6) is 5.75 Å². The van der Waals surface area contributed by atoms with E-state index in [1.165, 1.54) is 36.5 Å². The largest absolute Gasteiger partial charge is 0.496 e. The predicted octanol–water partition coefficient (Wildman–Crippen LogP) is 3.90. The van der Waals surface area contributed by atoms with E-state index in [2.05, 4.69) is 5.32 Å². The molecule has 7 nitrogen and oxygen atoms in total. The number of Topliss-reactive ketones (excluding diaryl/α,β-unsaturated/α-hetero) is 1. The molecule has 4 rings (SSSR count). The predicted molar refractivity (Wildman–Crippen MR) is 122 cm³/mol. The van der Waals surface area contributed by atoms with Crippen LogP contribution in [0.4, 0.5) is 11.4 Å². The highest BCUT2D eigenvalue weighted by molar-refractivity contribution is 7.92. The van der Waals surface area contributed by atoms with Gasteiger partial charge in [0.1, 0.15) is 5.75 Å². The highest BCUT2D eigenvalue weighted by atomic mass is 32.2. The Bertz CT molecular complexity index is 1320. The average Bonchev–Trinajstić information content (AvgIpc) is 3.24. The minimum Gasteiger partial charge on any atom is -0.496 e. The van der Waals surface area contributed by atoms with Gasteiger partial charge < -0.3 is 10.1 Å². The van der Waals surface area contributed by atoms with Crippen molar-refractivity contribution in [1.82, 2.24) is 0 Å². The molecule has 0 bridgehead atoms. The van der Waals surface area contributed by atoms with Gasteiger partial charge in [0.2, 0.25) is 0 Å². The Hall–Kier alpha value is -3.65. The fourth-order valence-electron chi connectivity index (χ4n) is 3.80. The van der Waals surface area contributed by atoms with Crippen molar-refractivity contribution in [3.8, 4) is 5.75 Å². The van der Waals surface area contributed by atoms with Gasteiger partial charge in [0, 0.05) is 12.1 Å². The minimum atomic E-state index is -3.88. The van der Waals surface area contributed by atoms with Gasteiger partial charge in [0.15, 0.2) is 5.78 Å². The van der Waals surface area contributed by atoms with Crippen LogP contribution in [0.2, 0.25) is 0 Å². The third-order valence-corrected chi connectivity index (χ3v) is 7.21. The Balaban J connectivity index is 1.71. The zero-order chi connectivity index (χ0) is 22.9. The summed E-state index contributed by atoms with van der Waals surface area (Å²) in [6.07, 6.45) is 0.626. The van der Waals surface area contributed by atoms with Gasteiger partial charge >= 0.3 is 0 Å². The molecule has 1 heterocycles. The second-order valence-corrected chi connectivity index (χ2v) is 9.24. The van der Waals surface area contributed by atoms with Crippen LogP contribution in [0.15, 0.2) is 71.6 Å². The molecule has 164 valence electrons. The number of methoxy groups -OCH3 is 1. The summed E-state index contributed by atoms with van der Waals surface area (Å²) in [5.74, 6) is -0.546. The number of carbonyl (C=O) groups excluding carboxylic acids is 2. The first-order valence-electron chi connectivity index (χ1n) is 10.0. The standard InChI is InChI=1S/C24H22N2O5S/c1-16(27)19-8-4-5-9-21(19)25-24(28)20-15-18(11-12-23(20)31-2)32(29,30)26-14-13-17-7-3-6-10-22(17)26/h3-12,15H,13-14H2,1-2H3,(H,25,28). The number of benzene rings is 3. The van der Waals surface area contributed by atoms with E-state index in [0.29, 0.717) is 29.9 Å². The number of anilines is 2. The molecule has 8 heteroatoms. The Morgan fingerprint density at radius 1 is 0.969 bits per heavy atom. The minimum absolute atomic E-state index is 0.0139. The fourth-order valence-corrected chi connectivity index (χ4v) is 5.33. The number of ketones is 1. The number of sulfonamides is 1. The maximum atomic E-state index is 13.4. The zero-order valence-corrected chi connectivity index (χ0v) is 18.5. The molecule has 1 aliphatic rings. The topological polar surface area (TPSA) is 92.8 Å². The molecule has 32 heavy (non-hydrogen) atoms. The van der Waals surface area contributed by atoms with E-state index >= 15 is 0 Å². The van der Waals surface area contributed by atoms with Gasteiger partial charge in [-0.3, -0.25) is 13.9 Å². The number of fused-ring (bicyclic) bond motifs is 1. The van der Waals surface area contributed by atoms with Crippen molar-refractivity contribution in [2.75, 3.05) is 23.3 Å². The van der Waals surface area contributed by atoms with Crippen LogP contribution in [0.3, 0.4) is 0 Å². The molecule has 3 aromatic carbocycles. The van der Waals surface area contributed by atoms with Crippen molar-refractivity contribution < 1.29 is 22.7 Å². The molecule has 1 amide bonds. The summed E-state index contributed by atoms with van der Waals surface area (Å²) < 4.78 is 33.4. The summed E-state index contributed by atoms with van der Waals surface area (Å²) >= 11 is 0. The molecule has 1 aliphatic heterocycles. The van der Waals surface area contributed by atoms with E-state index < -0.39 is 15.9 Å². The molecule has 0 saturated carbocycles. The van der Waals surface area contributed by atoms with Crippen molar-refractivity contribution in [2.24, 2.45) is 0 Å². The van der Waals surface area contributed by atoms with Gasteiger partial charge in [-0.15, -0.1) is 0 Å². The van der Waals surface area contributed by atoms with Crippen LogP contribution in [0.25, 0.3) is 0 Å². The van der Waals surface area contributed by atoms with Gasteiger partial charge in [0.25, 0.3) is 15.9 Å². The lowest BCUT2D eigenvalue weighted by atomic mass is 10.1. The summed E-state index contributed by atoms with van der Waals surface area (Å²) in [6, 6.07) is 18.2. The number of carbonyl (C=O) groups is 2. The lowest BCUT2D eigenvalue weighted by molar-refractivity contribution is 0.101. The SMILES string of the molecule is COc1ccc(S(=O)(=O)N2CCc3ccccc32)cc1C(=O)Nc1ccccc1C(C)=O. The Morgan fingerprint density at radius 3 is 2.44 bits per heavy atom. The monoisotopic (exact) mass is 450 g/mol. The number of hydrogen-bond donors (Lipinski definition) is 1. The van der Waals surface area contributed by atoms with Crippen LogP contribution < -0.4 is 14.4 Å². The first-order valence-corrected chi connectivity index (χ1v) is 11.5. The summed E-state index contributed by atoms with van der Waals surface area (Å²) in [4.78, 5) is 24.9. The van der Waals surface area contributed by atoms with E-state index in [1.54, 1.807) is 36.4 Å². The van der Waals surface area contributed by atoms with Crippen LogP contribution in [-0.4, -0.2) is 33.8 Å². The zero-order valence-electron chi connectivity index (χ0n) is 17.7. The molecule has 1 N–H and O–H groups in total. The molecule has 0 radical (unpaired) electrons. The Morgan fingerprint density at radius 2 is 1.69 bits per heavy atom. The highest BCUT2D eigenvalue weighted by Gasteiger charge is 2.31. The maximum absolute atomic E-state index is 13.4. The van der Waals surface area contributed by atoms with Gasteiger partial charge in [0.05, 0.1) is 28.9 Å². The number of para-hydroxylation sites is 2. The summed E-state index contributed by atoms with van der Waals surface area (Å²) in [5.41, 5.74) is 2.36. The molecule has 0 aromatic heterocycles. The summed E-state index contributed by atoms with van der Waals surface area (Å²) in [6.45, 7) is 1.74. The van der Waals surface area contributed by atoms with Crippen molar-refractivity contribution in [2.45, 2.75) is 18.2 Å². The molecule has 0 saturated heterocycles. The average molecular weight is 451 g/mol. The number of nitrogens with one attached hydrogen (secondary N) is 1. The summed E-state index contributed by atoms with van der Waals surface area (Å²) in [5, 5.41) is 2.70. The molecule has 0 aliphatic carbocycles. The number of amides is 1. The third kappa shape index (κ3) is 3.85. The van der Waals surface area contributed by atoms with E-state index in [4.69, 9.17) is 4.74 Å². The molecule has 0 fully saturated rings. The maximum Gasteiger partial charge on any atom is 0.264 e. The molecular formula is C24H22N2O5S. The van der Waals surface area contributed by atoms with Crippen molar-refractivity contribution in [3.05, 3.63) is 83.4 Å². The summed E-state index contributed by atoms with van der Waals surface area (Å²) in [7, 11) is -2.48. The van der Waals surface area contributed by atoms with Crippen molar-refractivity contribution >= 4 is 33.1 Å². The number of rotatable bonds is 6. The molecule has 0 atom stereocenters. The van der Waals surface area contributed by atoms with E-state index in [9.17, 15) is 18.0 Å². The van der Waals surface area contributed by atoms with Crippen LogP contribution in [0.1, 0.15) is 33.2 Å². The molecular weight excluding hydrogens is 428 g/mol. The van der Waals surface area contributed by atoms with Gasteiger partial charge in [-0.2, -0.15) is 0 Å². The molecule has 3 aromatic rings. The van der Waals surface area contributed by atoms with E-state index in [1.807, 2.05) is 12.1 Å². The molecule has 0 spiro atoms. The first kappa shape index (κ1) is 21.6. The third-order valence-electron chi connectivity index (χ3n) is 5.40. The lowest BCUT2D eigenvalue weighted by Gasteiger charge is -2.20. The Labute approximate surface area is 186 Å². The number of nitrogens with zero attached hydrogens (tertiary/aromatic N) is 1.